The summed E-state index contributed by atoms with van der Waals surface area (Å²) in [5.74, 6) is 6.59. The summed E-state index contributed by atoms with van der Waals surface area (Å²) in [7, 11) is 0. The molecule has 0 atom stereocenters. The van der Waals surface area contributed by atoms with Crippen LogP contribution in [0.4, 0.5) is 0 Å². The Bertz CT molecular complexity index is 1870. The molecule has 5 aromatic rings. The molecule has 0 unspecified atom stereocenters. The van der Waals surface area contributed by atoms with Crippen molar-refractivity contribution in [2.75, 3.05) is 13.2 Å². The van der Waals surface area contributed by atoms with E-state index in [1.54, 1.807) is 23.0 Å². The molecule has 0 amide bonds. The molecule has 6 heteroatoms. The molecule has 0 spiro atoms. The van der Waals surface area contributed by atoms with Gasteiger partial charge in [0.15, 0.2) is 6.61 Å². The number of aliphatic carboxylic acids is 1. The number of ether oxygens (including phenoxy) is 2. The number of carboxylic acid groups (broad SMARTS) is 1. The predicted octanol–water partition coefficient (Wildman–Crippen LogP) is 8.18. The summed E-state index contributed by atoms with van der Waals surface area (Å²) >= 11 is 0. The zero-order valence-corrected chi connectivity index (χ0v) is 26.7. The quantitative estimate of drug-likeness (QED) is 0.162. The summed E-state index contributed by atoms with van der Waals surface area (Å²) in [6.45, 7) is 9.00. The first kappa shape index (κ1) is 31.9. The second-order valence-corrected chi connectivity index (χ2v) is 12.0. The Labute approximate surface area is 271 Å². The van der Waals surface area contributed by atoms with Crippen LogP contribution >= 0.6 is 0 Å². The Morgan fingerprint density at radius 1 is 0.935 bits per heavy atom. The highest BCUT2D eigenvalue weighted by Gasteiger charge is 2.16. The first-order chi connectivity index (χ1) is 22.2. The number of hydrogen-bond acceptors (Lipinski definition) is 4. The van der Waals surface area contributed by atoms with Crippen LogP contribution in [0.5, 0.6) is 11.5 Å². The SMILES string of the molecule is Cc1cc(OC/C=C(/c2ccc(C#CCn3cccn3)cc2)c2ccccc2-c2ccc(C(C)(C)C)cc2)ccc1OCC(=O)O. The molecule has 6 nitrogen and oxygen atoms in total. The lowest BCUT2D eigenvalue weighted by molar-refractivity contribution is -0.139. The molecule has 4 aromatic carbocycles. The third-order valence-corrected chi connectivity index (χ3v) is 7.54. The summed E-state index contributed by atoms with van der Waals surface area (Å²) in [6, 6.07) is 32.8. The van der Waals surface area contributed by atoms with Crippen molar-refractivity contribution in [3.63, 3.8) is 0 Å². The molecule has 46 heavy (non-hydrogen) atoms. The van der Waals surface area contributed by atoms with E-state index in [4.69, 9.17) is 14.6 Å². The average molecular weight is 611 g/mol. The number of benzene rings is 4. The topological polar surface area (TPSA) is 73.6 Å². The van der Waals surface area contributed by atoms with Gasteiger partial charge < -0.3 is 14.6 Å². The predicted molar refractivity (Wildman–Crippen MR) is 183 cm³/mol. The normalized spacial score (nSPS) is 11.4. The van der Waals surface area contributed by atoms with Crippen LogP contribution in [0.3, 0.4) is 0 Å². The van der Waals surface area contributed by atoms with Gasteiger partial charge in [0.05, 0.1) is 0 Å². The van der Waals surface area contributed by atoms with Gasteiger partial charge in [0, 0.05) is 18.0 Å². The minimum atomic E-state index is -1.02. The lowest BCUT2D eigenvalue weighted by Gasteiger charge is -2.20. The molecule has 0 radical (unpaired) electrons. The molecule has 1 N–H and O–H groups in total. The summed E-state index contributed by atoms with van der Waals surface area (Å²) in [4.78, 5) is 10.9. The van der Waals surface area contributed by atoms with Gasteiger partial charge in [-0.1, -0.05) is 93.3 Å². The van der Waals surface area contributed by atoms with Crippen molar-refractivity contribution in [1.82, 2.24) is 9.78 Å². The Morgan fingerprint density at radius 3 is 2.37 bits per heavy atom. The smallest absolute Gasteiger partial charge is 0.341 e. The molecule has 232 valence electrons. The van der Waals surface area contributed by atoms with Gasteiger partial charge in [0.1, 0.15) is 24.7 Å². The maximum absolute atomic E-state index is 10.9. The van der Waals surface area contributed by atoms with E-state index >= 15 is 0 Å². The molecular weight excluding hydrogens is 572 g/mol. The van der Waals surface area contributed by atoms with E-state index in [-0.39, 0.29) is 12.0 Å². The van der Waals surface area contributed by atoms with Crippen LogP contribution in [-0.2, 0) is 16.8 Å². The van der Waals surface area contributed by atoms with Gasteiger partial charge in [-0.3, -0.25) is 4.68 Å². The van der Waals surface area contributed by atoms with E-state index in [1.165, 1.54) is 5.56 Å². The van der Waals surface area contributed by atoms with Crippen molar-refractivity contribution >= 4 is 11.5 Å². The average Bonchev–Trinajstić information content (AvgIpc) is 3.56. The number of rotatable bonds is 10. The molecule has 0 saturated carbocycles. The number of aromatic nitrogens is 2. The van der Waals surface area contributed by atoms with E-state index in [0.717, 1.165) is 39.0 Å². The molecule has 0 aliphatic heterocycles. The fraction of sp³-hybridized carbons (Fsp3) is 0.200. The molecular formula is C40H38N2O4. The first-order valence-electron chi connectivity index (χ1n) is 15.2. The minimum Gasteiger partial charge on any atom is -0.489 e. The molecule has 0 fully saturated rings. The van der Waals surface area contributed by atoms with Crippen molar-refractivity contribution in [2.24, 2.45) is 0 Å². The number of nitrogens with zero attached hydrogens (tertiary/aromatic N) is 2. The van der Waals surface area contributed by atoms with Gasteiger partial charge in [-0.25, -0.2) is 4.79 Å². The van der Waals surface area contributed by atoms with Crippen LogP contribution in [0.25, 0.3) is 16.7 Å². The fourth-order valence-electron chi connectivity index (χ4n) is 5.09. The van der Waals surface area contributed by atoms with Crippen molar-refractivity contribution in [3.05, 3.63) is 143 Å². The van der Waals surface area contributed by atoms with E-state index in [9.17, 15) is 4.79 Å². The highest BCUT2D eigenvalue weighted by Crippen LogP contribution is 2.34. The van der Waals surface area contributed by atoms with Crippen molar-refractivity contribution in [3.8, 4) is 34.5 Å². The zero-order valence-electron chi connectivity index (χ0n) is 26.7. The maximum atomic E-state index is 10.9. The summed E-state index contributed by atoms with van der Waals surface area (Å²) in [5, 5.41) is 13.1. The Hall–Kier alpha value is -5.54. The lowest BCUT2D eigenvalue weighted by atomic mass is 9.85. The van der Waals surface area contributed by atoms with Gasteiger partial charge >= 0.3 is 5.97 Å². The van der Waals surface area contributed by atoms with Crippen LogP contribution in [0.1, 0.15) is 48.6 Å². The van der Waals surface area contributed by atoms with E-state index in [1.807, 2.05) is 37.4 Å². The Kier molecular flexibility index (Phi) is 10.0. The minimum absolute atomic E-state index is 0.0718. The van der Waals surface area contributed by atoms with E-state index in [0.29, 0.717) is 24.7 Å². The van der Waals surface area contributed by atoms with Gasteiger partial charge in [0.2, 0.25) is 0 Å². The van der Waals surface area contributed by atoms with Crippen molar-refractivity contribution in [1.29, 1.82) is 0 Å². The number of carboxylic acids is 1. The van der Waals surface area contributed by atoms with Gasteiger partial charge in [-0.15, -0.1) is 0 Å². The fourth-order valence-corrected chi connectivity index (χ4v) is 5.09. The zero-order chi connectivity index (χ0) is 32.5. The Morgan fingerprint density at radius 2 is 1.70 bits per heavy atom. The molecule has 5 rings (SSSR count). The van der Waals surface area contributed by atoms with Crippen LogP contribution in [0.2, 0.25) is 0 Å². The van der Waals surface area contributed by atoms with Crippen LogP contribution in [0.15, 0.2) is 116 Å². The summed E-state index contributed by atoms with van der Waals surface area (Å²) in [6.07, 6.45) is 5.75. The molecule has 1 aromatic heterocycles. The number of aryl methyl sites for hydroxylation is 1. The second kappa shape index (κ2) is 14.5. The molecule has 0 aliphatic carbocycles. The van der Waals surface area contributed by atoms with E-state index in [2.05, 4.69) is 104 Å². The summed E-state index contributed by atoms with van der Waals surface area (Å²) < 4.78 is 13.3. The first-order valence-corrected chi connectivity index (χ1v) is 15.2. The van der Waals surface area contributed by atoms with Crippen LogP contribution in [0, 0.1) is 18.8 Å². The maximum Gasteiger partial charge on any atom is 0.341 e. The number of carbonyl (C=O) groups is 1. The van der Waals surface area contributed by atoms with Crippen molar-refractivity contribution in [2.45, 2.75) is 39.7 Å². The molecule has 0 bridgehead atoms. The lowest BCUT2D eigenvalue weighted by Crippen LogP contribution is -2.10. The molecule has 1 heterocycles. The summed E-state index contributed by atoms with van der Waals surface area (Å²) in [5.41, 5.74) is 8.56. The van der Waals surface area contributed by atoms with E-state index < -0.39 is 5.97 Å². The molecule has 0 aliphatic rings. The van der Waals surface area contributed by atoms with Crippen molar-refractivity contribution < 1.29 is 19.4 Å². The Balaban J connectivity index is 1.45. The van der Waals surface area contributed by atoms with Crippen LogP contribution < -0.4 is 9.47 Å². The highest BCUT2D eigenvalue weighted by atomic mass is 16.5. The second-order valence-electron chi connectivity index (χ2n) is 12.0. The highest BCUT2D eigenvalue weighted by molar-refractivity contribution is 5.89. The van der Waals surface area contributed by atoms with Gasteiger partial charge in [-0.2, -0.15) is 5.10 Å². The largest absolute Gasteiger partial charge is 0.489 e. The number of hydrogen-bond donors (Lipinski definition) is 1. The third kappa shape index (κ3) is 8.34. The third-order valence-electron chi connectivity index (χ3n) is 7.54. The van der Waals surface area contributed by atoms with Gasteiger partial charge in [0.25, 0.3) is 0 Å². The monoisotopic (exact) mass is 610 g/mol. The standard InChI is InChI=1S/C40H38N2O4/c1-29-27-34(20-21-38(29)46-28-39(43)44)45-26-22-36(31-14-12-30(13-15-31)9-7-24-42-25-8-23-41-42)37-11-6-5-10-35(37)32-16-18-33(19-17-32)40(2,3)4/h5-6,8,10-23,25,27H,24,26,28H2,1-4H3,(H,43,44)/b36-22-. The van der Waals surface area contributed by atoms with Crippen LogP contribution in [-0.4, -0.2) is 34.1 Å². The molecule has 0 saturated heterocycles. The van der Waals surface area contributed by atoms with Gasteiger partial charge in [-0.05, 0) is 93.8 Å².